The normalized spacial score (nSPS) is 34.8. The topological polar surface area (TPSA) is 29.3 Å². The van der Waals surface area contributed by atoms with Crippen LogP contribution in [0.2, 0.25) is 0 Å². The summed E-state index contributed by atoms with van der Waals surface area (Å²) in [6.45, 7) is 7.88. The molecule has 2 N–H and O–H groups in total. The van der Waals surface area contributed by atoms with Crippen molar-refractivity contribution in [1.82, 2.24) is 4.90 Å². The SMILES string of the molecule is C[C@@H]1C[C@@H](C)N(Cc2ccccc2)[C@H](C)[C@@H]1N. The summed E-state index contributed by atoms with van der Waals surface area (Å²) in [6.07, 6.45) is 1.21. The van der Waals surface area contributed by atoms with Crippen LogP contribution in [0.5, 0.6) is 0 Å². The van der Waals surface area contributed by atoms with Crippen LogP contribution >= 0.6 is 0 Å². The fraction of sp³-hybridized carbons (Fsp3) is 0.600. The van der Waals surface area contributed by atoms with E-state index in [2.05, 4.69) is 56.0 Å². The molecule has 0 amide bonds. The van der Waals surface area contributed by atoms with Crippen LogP contribution < -0.4 is 5.73 Å². The number of piperidine rings is 1. The molecule has 1 heterocycles. The molecule has 0 radical (unpaired) electrons. The molecular formula is C15H24N2. The van der Waals surface area contributed by atoms with E-state index in [-0.39, 0.29) is 0 Å². The van der Waals surface area contributed by atoms with Crippen LogP contribution in [0.4, 0.5) is 0 Å². The molecule has 2 nitrogen and oxygen atoms in total. The van der Waals surface area contributed by atoms with Crippen LogP contribution in [0.25, 0.3) is 0 Å². The molecule has 17 heavy (non-hydrogen) atoms. The number of likely N-dealkylation sites (tertiary alicyclic amines) is 1. The van der Waals surface area contributed by atoms with Crippen LogP contribution in [-0.2, 0) is 6.54 Å². The van der Waals surface area contributed by atoms with Gasteiger partial charge in [0.05, 0.1) is 0 Å². The van der Waals surface area contributed by atoms with Gasteiger partial charge in [0.1, 0.15) is 0 Å². The molecule has 1 aromatic rings. The van der Waals surface area contributed by atoms with Gasteiger partial charge in [-0.15, -0.1) is 0 Å². The van der Waals surface area contributed by atoms with E-state index in [9.17, 15) is 0 Å². The highest BCUT2D eigenvalue weighted by atomic mass is 15.2. The van der Waals surface area contributed by atoms with Crippen molar-refractivity contribution >= 4 is 0 Å². The monoisotopic (exact) mass is 232 g/mol. The van der Waals surface area contributed by atoms with Gasteiger partial charge < -0.3 is 5.73 Å². The molecular weight excluding hydrogens is 208 g/mol. The third-order valence-electron chi connectivity index (χ3n) is 4.22. The Bertz CT molecular complexity index is 349. The first-order valence-corrected chi connectivity index (χ1v) is 6.65. The van der Waals surface area contributed by atoms with E-state index in [0.717, 1.165) is 6.54 Å². The average Bonchev–Trinajstić information content (AvgIpc) is 2.33. The fourth-order valence-corrected chi connectivity index (χ4v) is 3.02. The maximum atomic E-state index is 6.29. The first kappa shape index (κ1) is 12.6. The Morgan fingerprint density at radius 2 is 1.82 bits per heavy atom. The van der Waals surface area contributed by atoms with Gasteiger partial charge in [0.25, 0.3) is 0 Å². The van der Waals surface area contributed by atoms with E-state index in [1.807, 2.05) is 0 Å². The Morgan fingerprint density at radius 1 is 1.18 bits per heavy atom. The van der Waals surface area contributed by atoms with Gasteiger partial charge in [0.15, 0.2) is 0 Å². The zero-order valence-electron chi connectivity index (χ0n) is 11.1. The molecule has 2 heteroatoms. The summed E-state index contributed by atoms with van der Waals surface area (Å²) < 4.78 is 0. The van der Waals surface area contributed by atoms with Gasteiger partial charge in [-0.05, 0) is 31.7 Å². The van der Waals surface area contributed by atoms with Gasteiger partial charge in [-0.3, -0.25) is 4.90 Å². The zero-order valence-corrected chi connectivity index (χ0v) is 11.1. The molecule has 0 aromatic heterocycles. The van der Waals surface area contributed by atoms with Gasteiger partial charge in [-0.1, -0.05) is 37.3 Å². The van der Waals surface area contributed by atoms with Crippen LogP contribution in [0.1, 0.15) is 32.8 Å². The van der Waals surface area contributed by atoms with E-state index in [4.69, 9.17) is 5.73 Å². The van der Waals surface area contributed by atoms with Crippen molar-refractivity contribution in [3.63, 3.8) is 0 Å². The highest BCUT2D eigenvalue weighted by molar-refractivity contribution is 5.15. The predicted octanol–water partition coefficient (Wildman–Crippen LogP) is 2.63. The molecule has 1 aromatic carbocycles. The number of hydrogen-bond acceptors (Lipinski definition) is 2. The van der Waals surface area contributed by atoms with Crippen LogP contribution in [-0.4, -0.2) is 23.0 Å². The Kier molecular flexibility index (Phi) is 3.85. The molecule has 94 valence electrons. The number of nitrogens with zero attached hydrogens (tertiary/aromatic N) is 1. The summed E-state index contributed by atoms with van der Waals surface area (Å²) >= 11 is 0. The minimum Gasteiger partial charge on any atom is -0.326 e. The Morgan fingerprint density at radius 3 is 2.47 bits per heavy atom. The lowest BCUT2D eigenvalue weighted by Gasteiger charge is -2.45. The van der Waals surface area contributed by atoms with Crippen molar-refractivity contribution in [3.8, 4) is 0 Å². The van der Waals surface area contributed by atoms with Crippen molar-refractivity contribution < 1.29 is 0 Å². The summed E-state index contributed by atoms with van der Waals surface area (Å²) in [5, 5.41) is 0. The van der Waals surface area contributed by atoms with Crippen molar-refractivity contribution in [2.24, 2.45) is 11.7 Å². The maximum absolute atomic E-state index is 6.29. The lowest BCUT2D eigenvalue weighted by atomic mass is 9.84. The third kappa shape index (κ3) is 2.70. The smallest absolute Gasteiger partial charge is 0.0240 e. The van der Waals surface area contributed by atoms with Gasteiger partial charge in [-0.2, -0.15) is 0 Å². The van der Waals surface area contributed by atoms with E-state index in [0.29, 0.717) is 24.0 Å². The molecule has 1 aliphatic rings. The van der Waals surface area contributed by atoms with E-state index < -0.39 is 0 Å². The standard InChI is InChI=1S/C15H24N2/c1-11-9-12(2)17(13(3)15(11)16)10-14-7-5-4-6-8-14/h4-8,11-13,15H,9-10,16H2,1-3H3/t11-,12-,13-,15-/m1/s1. The second-order valence-electron chi connectivity index (χ2n) is 5.54. The van der Waals surface area contributed by atoms with Gasteiger partial charge >= 0.3 is 0 Å². The van der Waals surface area contributed by atoms with Crippen molar-refractivity contribution in [2.75, 3.05) is 0 Å². The highest BCUT2D eigenvalue weighted by Gasteiger charge is 2.34. The fourth-order valence-electron chi connectivity index (χ4n) is 3.02. The van der Waals surface area contributed by atoms with Gasteiger partial charge in [0, 0.05) is 24.7 Å². The largest absolute Gasteiger partial charge is 0.326 e. The molecule has 1 fully saturated rings. The highest BCUT2D eigenvalue weighted by Crippen LogP contribution is 2.28. The van der Waals surface area contributed by atoms with Gasteiger partial charge in [0.2, 0.25) is 0 Å². The summed E-state index contributed by atoms with van der Waals surface area (Å²) in [6, 6.07) is 12.1. The first-order chi connectivity index (χ1) is 8.09. The van der Waals surface area contributed by atoms with E-state index >= 15 is 0 Å². The third-order valence-corrected chi connectivity index (χ3v) is 4.22. The first-order valence-electron chi connectivity index (χ1n) is 6.65. The second-order valence-corrected chi connectivity index (χ2v) is 5.54. The lowest BCUT2D eigenvalue weighted by molar-refractivity contribution is 0.0500. The molecule has 0 aliphatic carbocycles. The van der Waals surface area contributed by atoms with Crippen LogP contribution in [0, 0.1) is 5.92 Å². The summed E-state index contributed by atoms with van der Waals surface area (Å²) in [7, 11) is 0. The van der Waals surface area contributed by atoms with E-state index in [1.165, 1.54) is 12.0 Å². The number of nitrogens with two attached hydrogens (primary N) is 1. The molecule has 0 bridgehead atoms. The second kappa shape index (κ2) is 5.19. The zero-order chi connectivity index (χ0) is 12.4. The Hall–Kier alpha value is -0.860. The average molecular weight is 232 g/mol. The van der Waals surface area contributed by atoms with E-state index in [1.54, 1.807) is 0 Å². The van der Waals surface area contributed by atoms with Crippen LogP contribution in [0.15, 0.2) is 30.3 Å². The van der Waals surface area contributed by atoms with Gasteiger partial charge in [-0.25, -0.2) is 0 Å². The van der Waals surface area contributed by atoms with Crippen LogP contribution in [0.3, 0.4) is 0 Å². The Balaban J connectivity index is 2.09. The molecule has 2 rings (SSSR count). The maximum Gasteiger partial charge on any atom is 0.0240 e. The summed E-state index contributed by atoms with van der Waals surface area (Å²) in [5.74, 6) is 0.632. The molecule has 0 saturated carbocycles. The quantitative estimate of drug-likeness (QED) is 0.849. The predicted molar refractivity (Wildman–Crippen MR) is 72.7 cm³/mol. The number of hydrogen-bond donors (Lipinski definition) is 1. The minimum absolute atomic E-state index is 0.301. The molecule has 1 aliphatic heterocycles. The summed E-state index contributed by atoms with van der Waals surface area (Å²) in [5.41, 5.74) is 7.67. The van der Waals surface area contributed by atoms with Crippen molar-refractivity contribution in [1.29, 1.82) is 0 Å². The molecule has 0 spiro atoms. The number of rotatable bonds is 2. The molecule has 4 atom stereocenters. The minimum atomic E-state index is 0.301. The molecule has 0 unspecified atom stereocenters. The Labute approximate surface area is 105 Å². The molecule has 1 saturated heterocycles. The lowest BCUT2D eigenvalue weighted by Crippen LogP contribution is -2.57. The van der Waals surface area contributed by atoms with Crippen molar-refractivity contribution in [2.45, 2.75) is 51.9 Å². The van der Waals surface area contributed by atoms with Crippen molar-refractivity contribution in [3.05, 3.63) is 35.9 Å². The number of benzene rings is 1. The summed E-state index contributed by atoms with van der Waals surface area (Å²) in [4.78, 5) is 2.54.